The Balaban J connectivity index is 2.07. The van der Waals surface area contributed by atoms with Gasteiger partial charge < -0.3 is 10.0 Å². The second-order valence-corrected chi connectivity index (χ2v) is 5.58. The normalized spacial score (nSPS) is 20.3. The topological polar surface area (TPSA) is 57.6 Å². The van der Waals surface area contributed by atoms with Crippen LogP contribution in [-0.2, 0) is 4.79 Å². The molecule has 112 valence electrons. The van der Waals surface area contributed by atoms with Crippen LogP contribution in [0.1, 0.15) is 35.2 Å². The van der Waals surface area contributed by atoms with Gasteiger partial charge in [-0.05, 0) is 37.1 Å². The first-order chi connectivity index (χ1) is 10.6. The lowest BCUT2D eigenvalue weighted by Gasteiger charge is -2.38. The number of hydrogen-bond donors (Lipinski definition) is 1. The summed E-state index contributed by atoms with van der Waals surface area (Å²) in [5.74, 6) is -1.50. The highest BCUT2D eigenvalue weighted by molar-refractivity contribution is 6.07. The van der Waals surface area contributed by atoms with Crippen LogP contribution >= 0.6 is 0 Å². The van der Waals surface area contributed by atoms with Crippen LogP contribution in [0.4, 0.5) is 5.69 Å². The zero-order valence-corrected chi connectivity index (χ0v) is 12.3. The fourth-order valence-electron chi connectivity index (χ4n) is 3.08. The Kier molecular flexibility index (Phi) is 3.67. The molecule has 0 radical (unpaired) electrons. The molecule has 1 heterocycles. The Morgan fingerprint density at radius 2 is 1.68 bits per heavy atom. The average Bonchev–Trinajstić information content (AvgIpc) is 2.54. The fourth-order valence-corrected chi connectivity index (χ4v) is 3.08. The minimum absolute atomic E-state index is 0.0932. The van der Waals surface area contributed by atoms with E-state index in [1.54, 1.807) is 23.1 Å². The second kappa shape index (κ2) is 5.64. The number of anilines is 1. The van der Waals surface area contributed by atoms with Crippen molar-refractivity contribution >= 4 is 17.6 Å². The number of carboxylic acids is 1. The zero-order chi connectivity index (χ0) is 15.7. The number of amides is 1. The van der Waals surface area contributed by atoms with Crippen LogP contribution in [0.25, 0.3) is 0 Å². The number of nitrogens with zero attached hydrogens (tertiary/aromatic N) is 1. The molecule has 2 aromatic carbocycles. The summed E-state index contributed by atoms with van der Waals surface area (Å²) in [6.07, 6.45) is 0.422. The van der Waals surface area contributed by atoms with E-state index in [1.807, 2.05) is 43.3 Å². The monoisotopic (exact) mass is 295 g/mol. The van der Waals surface area contributed by atoms with Gasteiger partial charge in [0.1, 0.15) is 0 Å². The van der Waals surface area contributed by atoms with Crippen molar-refractivity contribution in [1.29, 1.82) is 0 Å². The van der Waals surface area contributed by atoms with Crippen LogP contribution in [0.2, 0.25) is 0 Å². The van der Waals surface area contributed by atoms with Crippen molar-refractivity contribution < 1.29 is 14.7 Å². The molecule has 1 aliphatic rings. The van der Waals surface area contributed by atoms with Crippen molar-refractivity contribution in [1.82, 2.24) is 0 Å². The van der Waals surface area contributed by atoms with E-state index in [4.69, 9.17) is 0 Å². The van der Waals surface area contributed by atoms with Crippen molar-refractivity contribution in [3.8, 4) is 0 Å². The molecule has 4 heteroatoms. The molecule has 2 aromatic rings. The van der Waals surface area contributed by atoms with Crippen molar-refractivity contribution in [2.45, 2.75) is 25.3 Å². The third kappa shape index (κ3) is 2.37. The lowest BCUT2D eigenvalue weighted by Crippen LogP contribution is -2.44. The Morgan fingerprint density at radius 1 is 1.05 bits per heavy atom. The summed E-state index contributed by atoms with van der Waals surface area (Å²) in [4.78, 5) is 26.0. The van der Waals surface area contributed by atoms with Crippen LogP contribution < -0.4 is 4.90 Å². The molecule has 3 rings (SSSR count). The molecule has 0 saturated carbocycles. The highest BCUT2D eigenvalue weighted by atomic mass is 16.4. The quantitative estimate of drug-likeness (QED) is 0.925. The SMILES string of the molecule is CC1CC(C(=O)O)c2ccccc2N1C(=O)c1ccccc1. The maximum atomic E-state index is 12.8. The van der Waals surface area contributed by atoms with Gasteiger partial charge in [0, 0.05) is 17.3 Å². The van der Waals surface area contributed by atoms with Crippen molar-refractivity contribution in [2.75, 3.05) is 4.90 Å². The first-order valence-electron chi connectivity index (χ1n) is 7.30. The fraction of sp³-hybridized carbons (Fsp3) is 0.222. The molecule has 2 atom stereocenters. The molecule has 0 aromatic heterocycles. The maximum Gasteiger partial charge on any atom is 0.311 e. The molecule has 2 unspecified atom stereocenters. The second-order valence-electron chi connectivity index (χ2n) is 5.58. The van der Waals surface area contributed by atoms with E-state index in [1.165, 1.54) is 0 Å². The van der Waals surface area contributed by atoms with E-state index < -0.39 is 11.9 Å². The molecule has 1 amide bonds. The van der Waals surface area contributed by atoms with Crippen LogP contribution in [0.15, 0.2) is 54.6 Å². The Bertz CT molecular complexity index is 711. The van der Waals surface area contributed by atoms with Crippen LogP contribution in [0, 0.1) is 0 Å². The number of carboxylic acid groups (broad SMARTS) is 1. The van der Waals surface area contributed by atoms with E-state index in [0.29, 0.717) is 23.2 Å². The van der Waals surface area contributed by atoms with Gasteiger partial charge in [-0.15, -0.1) is 0 Å². The molecular formula is C18H17NO3. The summed E-state index contributed by atoms with van der Waals surface area (Å²) in [5.41, 5.74) is 2.01. The first-order valence-corrected chi connectivity index (χ1v) is 7.30. The van der Waals surface area contributed by atoms with Gasteiger partial charge in [-0.1, -0.05) is 36.4 Å². The van der Waals surface area contributed by atoms with Gasteiger partial charge in [-0.2, -0.15) is 0 Å². The lowest BCUT2D eigenvalue weighted by molar-refractivity contribution is -0.139. The zero-order valence-electron chi connectivity index (χ0n) is 12.3. The molecule has 0 bridgehead atoms. The standard InChI is InChI=1S/C18H17NO3/c1-12-11-15(18(21)22)14-9-5-6-10-16(14)19(12)17(20)13-7-3-2-4-8-13/h2-10,12,15H,11H2,1H3,(H,21,22). The van der Waals surface area contributed by atoms with E-state index >= 15 is 0 Å². The summed E-state index contributed by atoms with van der Waals surface area (Å²) >= 11 is 0. The maximum absolute atomic E-state index is 12.8. The first kappa shape index (κ1) is 14.3. The molecule has 22 heavy (non-hydrogen) atoms. The van der Waals surface area contributed by atoms with Crippen LogP contribution in [-0.4, -0.2) is 23.0 Å². The third-order valence-electron chi connectivity index (χ3n) is 4.13. The third-order valence-corrected chi connectivity index (χ3v) is 4.13. The van der Waals surface area contributed by atoms with Gasteiger partial charge in [-0.3, -0.25) is 9.59 Å². The van der Waals surface area contributed by atoms with Gasteiger partial charge in [0.05, 0.1) is 5.92 Å². The minimum Gasteiger partial charge on any atom is -0.481 e. The Morgan fingerprint density at radius 3 is 2.36 bits per heavy atom. The smallest absolute Gasteiger partial charge is 0.311 e. The number of hydrogen-bond acceptors (Lipinski definition) is 2. The number of aliphatic carboxylic acids is 1. The lowest BCUT2D eigenvalue weighted by atomic mass is 9.85. The predicted molar refractivity (Wildman–Crippen MR) is 84.1 cm³/mol. The van der Waals surface area contributed by atoms with E-state index in [0.717, 1.165) is 0 Å². The number of benzene rings is 2. The van der Waals surface area contributed by atoms with E-state index in [-0.39, 0.29) is 11.9 Å². The molecule has 0 saturated heterocycles. The average molecular weight is 295 g/mol. The Labute approximate surface area is 129 Å². The van der Waals surface area contributed by atoms with Gasteiger partial charge in [0.25, 0.3) is 5.91 Å². The summed E-state index contributed by atoms with van der Waals surface area (Å²) in [5, 5.41) is 9.44. The minimum atomic E-state index is -0.842. The van der Waals surface area contributed by atoms with Gasteiger partial charge in [-0.25, -0.2) is 0 Å². The molecule has 0 aliphatic carbocycles. The Hall–Kier alpha value is -2.62. The molecule has 1 N–H and O–H groups in total. The van der Waals surface area contributed by atoms with Crippen LogP contribution in [0.5, 0.6) is 0 Å². The van der Waals surface area contributed by atoms with Crippen molar-refractivity contribution in [2.24, 2.45) is 0 Å². The highest BCUT2D eigenvalue weighted by Gasteiger charge is 2.36. The number of para-hydroxylation sites is 1. The van der Waals surface area contributed by atoms with Gasteiger partial charge >= 0.3 is 5.97 Å². The van der Waals surface area contributed by atoms with Gasteiger partial charge in [0.2, 0.25) is 0 Å². The summed E-state index contributed by atoms with van der Waals surface area (Å²) < 4.78 is 0. The molecule has 0 spiro atoms. The van der Waals surface area contributed by atoms with Crippen molar-refractivity contribution in [3.63, 3.8) is 0 Å². The predicted octanol–water partition coefficient (Wildman–Crippen LogP) is 3.29. The summed E-state index contributed by atoms with van der Waals surface area (Å²) in [6, 6.07) is 16.2. The summed E-state index contributed by atoms with van der Waals surface area (Å²) in [6.45, 7) is 1.90. The molecule has 0 fully saturated rings. The molecular weight excluding hydrogens is 278 g/mol. The largest absolute Gasteiger partial charge is 0.481 e. The van der Waals surface area contributed by atoms with Crippen molar-refractivity contribution in [3.05, 3.63) is 65.7 Å². The number of rotatable bonds is 2. The van der Waals surface area contributed by atoms with Gasteiger partial charge in [0.15, 0.2) is 0 Å². The highest BCUT2D eigenvalue weighted by Crippen LogP contribution is 2.39. The number of carbonyl (C=O) groups is 2. The summed E-state index contributed by atoms with van der Waals surface area (Å²) in [7, 11) is 0. The molecule has 4 nitrogen and oxygen atoms in total. The van der Waals surface area contributed by atoms with E-state index in [2.05, 4.69) is 0 Å². The van der Waals surface area contributed by atoms with E-state index in [9.17, 15) is 14.7 Å². The molecule has 1 aliphatic heterocycles. The number of carbonyl (C=O) groups excluding carboxylic acids is 1. The van der Waals surface area contributed by atoms with Crippen LogP contribution in [0.3, 0.4) is 0 Å². The number of fused-ring (bicyclic) bond motifs is 1.